The van der Waals surface area contributed by atoms with Gasteiger partial charge >= 0.3 is 0 Å². The Labute approximate surface area is 126 Å². The van der Waals surface area contributed by atoms with Crippen LogP contribution in [-0.4, -0.2) is 11.2 Å². The maximum absolute atomic E-state index is 9.05. The number of hydrogen-bond donors (Lipinski definition) is 1. The molecule has 0 aliphatic carbocycles. The minimum atomic E-state index is 0.685. The summed E-state index contributed by atoms with van der Waals surface area (Å²) < 4.78 is 7.54. The molecule has 0 fully saturated rings. The fraction of sp³-hybridized carbons (Fsp3) is 0.353. The largest absolute Gasteiger partial charge is 0.494 e. The van der Waals surface area contributed by atoms with Crippen molar-refractivity contribution in [2.45, 2.75) is 26.8 Å². The van der Waals surface area contributed by atoms with E-state index in [-0.39, 0.29) is 0 Å². The molecule has 0 aliphatic rings. The summed E-state index contributed by atoms with van der Waals surface area (Å²) in [6.45, 7) is 5.54. The van der Waals surface area contributed by atoms with Crippen LogP contribution in [0, 0.1) is 18.3 Å². The lowest BCUT2D eigenvalue weighted by atomic mass is 10.2. The summed E-state index contributed by atoms with van der Waals surface area (Å²) in [5, 5.41) is 12.4. The molecule has 2 aromatic rings. The Morgan fingerprint density at radius 2 is 2.14 bits per heavy atom. The van der Waals surface area contributed by atoms with Crippen LogP contribution in [0.15, 0.2) is 30.3 Å². The van der Waals surface area contributed by atoms with Crippen LogP contribution in [0.1, 0.15) is 30.3 Å². The summed E-state index contributed by atoms with van der Waals surface area (Å²) in [5.41, 5.74) is 3.95. The van der Waals surface area contributed by atoms with Gasteiger partial charge in [-0.25, -0.2) is 0 Å². The SMILES string of the molecule is CCCOc1cccc(NCc2cc(C#N)n(C)c2C)c1. The van der Waals surface area contributed by atoms with Gasteiger partial charge in [0.1, 0.15) is 17.5 Å². The van der Waals surface area contributed by atoms with Gasteiger partial charge in [0.25, 0.3) is 0 Å². The van der Waals surface area contributed by atoms with Crippen LogP contribution in [-0.2, 0) is 13.6 Å². The number of benzene rings is 1. The quantitative estimate of drug-likeness (QED) is 0.881. The number of anilines is 1. The Kier molecular flexibility index (Phi) is 4.89. The molecule has 0 amide bonds. The molecule has 0 unspecified atom stereocenters. The lowest BCUT2D eigenvalue weighted by Gasteiger charge is -2.09. The van der Waals surface area contributed by atoms with Gasteiger partial charge in [-0.2, -0.15) is 5.26 Å². The van der Waals surface area contributed by atoms with Crippen LogP contribution in [0.2, 0.25) is 0 Å². The first-order valence-corrected chi connectivity index (χ1v) is 7.17. The van der Waals surface area contributed by atoms with Crippen molar-refractivity contribution in [3.05, 3.63) is 47.3 Å². The van der Waals surface area contributed by atoms with E-state index in [0.29, 0.717) is 12.2 Å². The molecule has 0 radical (unpaired) electrons. The smallest absolute Gasteiger partial charge is 0.121 e. The second-order valence-electron chi connectivity index (χ2n) is 5.04. The summed E-state index contributed by atoms with van der Waals surface area (Å²) in [6.07, 6.45) is 0.998. The van der Waals surface area contributed by atoms with Crippen LogP contribution in [0.25, 0.3) is 0 Å². The number of ether oxygens (including phenoxy) is 1. The van der Waals surface area contributed by atoms with Gasteiger partial charge in [-0.1, -0.05) is 13.0 Å². The zero-order chi connectivity index (χ0) is 15.2. The molecule has 1 aromatic heterocycles. The van der Waals surface area contributed by atoms with Gasteiger partial charge in [0.15, 0.2) is 0 Å². The number of aromatic nitrogens is 1. The van der Waals surface area contributed by atoms with E-state index < -0.39 is 0 Å². The van der Waals surface area contributed by atoms with E-state index in [9.17, 15) is 0 Å². The van der Waals surface area contributed by atoms with Crippen molar-refractivity contribution in [2.75, 3.05) is 11.9 Å². The lowest BCUT2D eigenvalue weighted by Crippen LogP contribution is -2.02. The molecule has 4 nitrogen and oxygen atoms in total. The highest BCUT2D eigenvalue weighted by molar-refractivity contribution is 5.49. The lowest BCUT2D eigenvalue weighted by molar-refractivity contribution is 0.317. The Morgan fingerprint density at radius 3 is 2.81 bits per heavy atom. The van der Waals surface area contributed by atoms with E-state index in [2.05, 4.69) is 18.3 Å². The summed E-state index contributed by atoms with van der Waals surface area (Å²) >= 11 is 0. The monoisotopic (exact) mass is 283 g/mol. The van der Waals surface area contributed by atoms with Gasteiger partial charge in [-0.05, 0) is 37.1 Å². The zero-order valence-electron chi connectivity index (χ0n) is 12.8. The third kappa shape index (κ3) is 3.57. The minimum absolute atomic E-state index is 0.685. The highest BCUT2D eigenvalue weighted by atomic mass is 16.5. The standard InChI is InChI=1S/C17H21N3O/c1-4-8-21-17-7-5-6-15(10-17)19-12-14-9-16(11-18)20(3)13(14)2/h5-7,9-10,19H,4,8,12H2,1-3H3. The molecule has 0 saturated heterocycles. The van der Waals surface area contributed by atoms with Crippen molar-refractivity contribution in [3.63, 3.8) is 0 Å². The van der Waals surface area contributed by atoms with Crippen molar-refractivity contribution >= 4 is 5.69 Å². The van der Waals surface area contributed by atoms with Crippen molar-refractivity contribution in [1.29, 1.82) is 5.26 Å². The highest BCUT2D eigenvalue weighted by Gasteiger charge is 2.08. The van der Waals surface area contributed by atoms with Gasteiger partial charge < -0.3 is 14.6 Å². The Morgan fingerprint density at radius 1 is 1.33 bits per heavy atom. The Hall–Kier alpha value is -2.41. The molecule has 0 bridgehead atoms. The first kappa shape index (κ1) is 15.0. The van der Waals surface area contributed by atoms with Crippen molar-refractivity contribution in [2.24, 2.45) is 7.05 Å². The average Bonchev–Trinajstić information content (AvgIpc) is 2.79. The second kappa shape index (κ2) is 6.85. The fourth-order valence-electron chi connectivity index (χ4n) is 2.16. The maximum Gasteiger partial charge on any atom is 0.121 e. The first-order chi connectivity index (χ1) is 10.2. The van der Waals surface area contributed by atoms with Gasteiger partial charge in [0.2, 0.25) is 0 Å². The van der Waals surface area contributed by atoms with E-state index in [1.807, 2.05) is 48.9 Å². The molecule has 1 heterocycles. The van der Waals surface area contributed by atoms with Gasteiger partial charge in [-0.15, -0.1) is 0 Å². The van der Waals surface area contributed by atoms with Crippen LogP contribution < -0.4 is 10.1 Å². The van der Waals surface area contributed by atoms with Crippen molar-refractivity contribution in [1.82, 2.24) is 4.57 Å². The van der Waals surface area contributed by atoms with Crippen LogP contribution in [0.4, 0.5) is 5.69 Å². The van der Waals surface area contributed by atoms with Crippen LogP contribution in [0.5, 0.6) is 5.75 Å². The molecule has 110 valence electrons. The summed E-state index contributed by atoms with van der Waals surface area (Å²) in [7, 11) is 1.91. The Bertz CT molecular complexity index is 653. The molecule has 0 spiro atoms. The first-order valence-electron chi connectivity index (χ1n) is 7.17. The molecule has 1 N–H and O–H groups in total. The normalized spacial score (nSPS) is 10.2. The molecule has 1 aromatic carbocycles. The molecule has 0 aliphatic heterocycles. The van der Waals surface area contributed by atoms with E-state index in [0.717, 1.165) is 35.7 Å². The van der Waals surface area contributed by atoms with E-state index in [1.54, 1.807) is 0 Å². The highest BCUT2D eigenvalue weighted by Crippen LogP contribution is 2.20. The third-order valence-corrected chi connectivity index (χ3v) is 3.54. The summed E-state index contributed by atoms with van der Waals surface area (Å²) in [5.74, 6) is 0.879. The average molecular weight is 283 g/mol. The van der Waals surface area contributed by atoms with Crippen LogP contribution >= 0.6 is 0 Å². The minimum Gasteiger partial charge on any atom is -0.494 e. The third-order valence-electron chi connectivity index (χ3n) is 3.54. The number of nitrogens with one attached hydrogen (secondary N) is 1. The fourth-order valence-corrected chi connectivity index (χ4v) is 2.16. The molecular weight excluding hydrogens is 262 g/mol. The van der Waals surface area contributed by atoms with Gasteiger partial charge in [0.05, 0.1) is 6.61 Å². The van der Waals surface area contributed by atoms with E-state index in [4.69, 9.17) is 10.00 Å². The van der Waals surface area contributed by atoms with Gasteiger partial charge in [0, 0.05) is 31.0 Å². The Balaban J connectivity index is 2.05. The predicted octanol–water partition coefficient (Wildman–Crippen LogP) is 3.61. The molecule has 2 rings (SSSR count). The molecular formula is C17H21N3O. The predicted molar refractivity (Wildman–Crippen MR) is 84.4 cm³/mol. The van der Waals surface area contributed by atoms with Crippen LogP contribution in [0.3, 0.4) is 0 Å². The molecule has 4 heteroatoms. The molecule has 0 saturated carbocycles. The number of rotatable bonds is 6. The van der Waals surface area contributed by atoms with Gasteiger partial charge in [-0.3, -0.25) is 0 Å². The zero-order valence-corrected chi connectivity index (χ0v) is 12.8. The number of nitriles is 1. The van der Waals surface area contributed by atoms with Crippen molar-refractivity contribution in [3.8, 4) is 11.8 Å². The molecule has 0 atom stereocenters. The summed E-state index contributed by atoms with van der Waals surface area (Å²) in [4.78, 5) is 0. The summed E-state index contributed by atoms with van der Waals surface area (Å²) in [6, 6.07) is 12.1. The maximum atomic E-state index is 9.05. The van der Waals surface area contributed by atoms with E-state index >= 15 is 0 Å². The van der Waals surface area contributed by atoms with E-state index in [1.165, 1.54) is 0 Å². The van der Waals surface area contributed by atoms with Crippen molar-refractivity contribution < 1.29 is 4.74 Å². The number of hydrogen-bond acceptors (Lipinski definition) is 3. The number of nitrogens with zero attached hydrogens (tertiary/aromatic N) is 2. The topological polar surface area (TPSA) is 50.0 Å². The molecule has 21 heavy (non-hydrogen) atoms. The second-order valence-corrected chi connectivity index (χ2v) is 5.04.